The molecule has 0 spiro atoms. The van der Waals surface area contributed by atoms with Gasteiger partial charge in [0.25, 0.3) is 5.91 Å². The highest BCUT2D eigenvalue weighted by Gasteiger charge is 2.17. The van der Waals surface area contributed by atoms with Crippen molar-refractivity contribution < 1.29 is 19.1 Å². The average Bonchev–Trinajstić information content (AvgIpc) is 2.91. The molecule has 0 aliphatic heterocycles. The summed E-state index contributed by atoms with van der Waals surface area (Å²) >= 11 is 0. The first-order valence-corrected chi connectivity index (χ1v) is 8.31. The number of hydrogen-bond acceptors (Lipinski definition) is 4. The van der Waals surface area contributed by atoms with E-state index in [0.29, 0.717) is 18.7 Å². The molecular formula is C19H24N2O4. The number of amides is 1. The van der Waals surface area contributed by atoms with E-state index < -0.39 is 5.97 Å². The molecule has 1 heterocycles. The predicted molar refractivity (Wildman–Crippen MR) is 94.8 cm³/mol. The molecule has 6 heteroatoms. The highest BCUT2D eigenvalue weighted by Crippen LogP contribution is 2.15. The first-order valence-electron chi connectivity index (χ1n) is 8.31. The molecule has 134 valence electrons. The van der Waals surface area contributed by atoms with Gasteiger partial charge in [-0.2, -0.15) is 0 Å². The minimum absolute atomic E-state index is 0.306. The maximum atomic E-state index is 12.1. The Hall–Kier alpha value is -2.76. The number of carbonyl (C=O) groups excluding carboxylic acids is 2. The Bertz CT molecular complexity index is 723. The largest absolute Gasteiger partial charge is 0.492 e. The van der Waals surface area contributed by atoms with Crippen molar-refractivity contribution >= 4 is 11.9 Å². The first-order chi connectivity index (χ1) is 12.0. The third-order valence-corrected chi connectivity index (χ3v) is 3.88. The Kier molecular flexibility index (Phi) is 6.62. The number of nitrogens with zero attached hydrogens (tertiary/aromatic N) is 1. The molecule has 1 amide bonds. The number of aromatic nitrogens is 1. The molecular weight excluding hydrogens is 320 g/mol. The van der Waals surface area contributed by atoms with Gasteiger partial charge in [-0.3, -0.25) is 4.79 Å². The average molecular weight is 344 g/mol. The molecule has 1 aromatic heterocycles. The Morgan fingerprint density at radius 1 is 1.16 bits per heavy atom. The molecule has 25 heavy (non-hydrogen) atoms. The molecule has 1 aromatic carbocycles. The van der Waals surface area contributed by atoms with Crippen LogP contribution in [-0.4, -0.2) is 36.2 Å². The van der Waals surface area contributed by atoms with Crippen molar-refractivity contribution in [3.8, 4) is 5.75 Å². The maximum Gasteiger partial charge on any atom is 0.340 e. The monoisotopic (exact) mass is 344 g/mol. The van der Waals surface area contributed by atoms with Gasteiger partial charge in [0.15, 0.2) is 6.61 Å². The van der Waals surface area contributed by atoms with Crippen molar-refractivity contribution in [3.05, 3.63) is 53.3 Å². The second-order valence-corrected chi connectivity index (χ2v) is 5.62. The summed E-state index contributed by atoms with van der Waals surface area (Å²) in [4.78, 5) is 23.9. The normalized spacial score (nSPS) is 10.4. The zero-order valence-electron chi connectivity index (χ0n) is 14.9. The van der Waals surface area contributed by atoms with Crippen LogP contribution in [0.3, 0.4) is 0 Å². The maximum absolute atomic E-state index is 12.1. The third-order valence-electron chi connectivity index (χ3n) is 3.88. The van der Waals surface area contributed by atoms with Gasteiger partial charge < -0.3 is 19.4 Å². The van der Waals surface area contributed by atoms with Gasteiger partial charge in [-0.15, -0.1) is 0 Å². The van der Waals surface area contributed by atoms with E-state index in [9.17, 15) is 9.59 Å². The van der Waals surface area contributed by atoms with Crippen molar-refractivity contribution in [2.24, 2.45) is 0 Å². The molecule has 0 unspecified atom stereocenters. The topological polar surface area (TPSA) is 69.6 Å². The summed E-state index contributed by atoms with van der Waals surface area (Å²) in [6.45, 7) is 6.99. The Balaban J connectivity index is 1.72. The lowest BCUT2D eigenvalue weighted by atomic mass is 10.2. The number of benzene rings is 1. The predicted octanol–water partition coefficient (Wildman–Crippen LogP) is 2.48. The molecule has 0 saturated heterocycles. The standard InChI is InChI=1S/C19H24N2O4/c1-4-21-14(2)12-17(15(21)3)19(23)25-13-18(22)20-10-11-24-16-8-6-5-7-9-16/h5-9,12H,4,10-11,13H2,1-3H3,(H,20,22). The van der Waals surface area contributed by atoms with Gasteiger partial charge in [0.05, 0.1) is 12.1 Å². The second kappa shape index (κ2) is 8.92. The molecule has 0 saturated carbocycles. The highest BCUT2D eigenvalue weighted by molar-refractivity contribution is 5.92. The van der Waals surface area contributed by atoms with Crippen LogP contribution in [0.1, 0.15) is 28.7 Å². The zero-order valence-corrected chi connectivity index (χ0v) is 14.9. The molecule has 1 N–H and O–H groups in total. The van der Waals surface area contributed by atoms with Crippen LogP contribution in [-0.2, 0) is 16.1 Å². The summed E-state index contributed by atoms with van der Waals surface area (Å²) in [7, 11) is 0. The van der Waals surface area contributed by atoms with E-state index in [1.807, 2.05) is 55.7 Å². The summed E-state index contributed by atoms with van der Waals surface area (Å²) < 4.78 is 12.6. The fourth-order valence-corrected chi connectivity index (χ4v) is 2.63. The van der Waals surface area contributed by atoms with E-state index in [-0.39, 0.29) is 12.5 Å². The number of nitrogens with one attached hydrogen (secondary N) is 1. The fraction of sp³-hybridized carbons (Fsp3) is 0.368. The van der Waals surface area contributed by atoms with Crippen LogP contribution >= 0.6 is 0 Å². The Morgan fingerprint density at radius 2 is 1.88 bits per heavy atom. The van der Waals surface area contributed by atoms with E-state index >= 15 is 0 Å². The van der Waals surface area contributed by atoms with Crippen LogP contribution in [0, 0.1) is 13.8 Å². The minimum Gasteiger partial charge on any atom is -0.492 e. The molecule has 0 aliphatic rings. The number of aryl methyl sites for hydroxylation is 1. The van der Waals surface area contributed by atoms with Gasteiger partial charge in [0.2, 0.25) is 0 Å². The minimum atomic E-state index is -0.483. The summed E-state index contributed by atoms with van der Waals surface area (Å²) in [5.74, 6) is -0.0905. The quantitative estimate of drug-likeness (QED) is 0.590. The summed E-state index contributed by atoms with van der Waals surface area (Å²) in [5, 5.41) is 2.66. The van der Waals surface area contributed by atoms with Gasteiger partial charge in [-0.1, -0.05) is 18.2 Å². The number of rotatable bonds is 8. The molecule has 0 aliphatic carbocycles. The number of hydrogen-bond donors (Lipinski definition) is 1. The fourth-order valence-electron chi connectivity index (χ4n) is 2.63. The Labute approximate surface area is 147 Å². The molecule has 0 atom stereocenters. The smallest absolute Gasteiger partial charge is 0.340 e. The number of ether oxygens (including phenoxy) is 2. The SMILES string of the molecule is CCn1c(C)cc(C(=O)OCC(=O)NCCOc2ccccc2)c1C. The summed E-state index contributed by atoms with van der Waals surface area (Å²) in [5.41, 5.74) is 2.34. The van der Waals surface area contributed by atoms with Crippen molar-refractivity contribution in [3.63, 3.8) is 0 Å². The van der Waals surface area contributed by atoms with Gasteiger partial charge in [0.1, 0.15) is 12.4 Å². The molecule has 0 bridgehead atoms. The summed E-state index contributed by atoms with van der Waals surface area (Å²) in [6.07, 6.45) is 0. The van der Waals surface area contributed by atoms with Crippen LogP contribution in [0.25, 0.3) is 0 Å². The lowest BCUT2D eigenvalue weighted by Gasteiger charge is -2.08. The van der Waals surface area contributed by atoms with Crippen LogP contribution in [0.5, 0.6) is 5.75 Å². The van der Waals surface area contributed by atoms with Crippen molar-refractivity contribution in [2.75, 3.05) is 19.8 Å². The molecule has 2 rings (SSSR count). The zero-order chi connectivity index (χ0) is 18.2. The van der Waals surface area contributed by atoms with E-state index in [4.69, 9.17) is 9.47 Å². The molecule has 2 aromatic rings. The van der Waals surface area contributed by atoms with Crippen molar-refractivity contribution in [1.82, 2.24) is 9.88 Å². The van der Waals surface area contributed by atoms with E-state index in [0.717, 1.165) is 23.7 Å². The lowest BCUT2D eigenvalue weighted by Crippen LogP contribution is -2.32. The van der Waals surface area contributed by atoms with Gasteiger partial charge >= 0.3 is 5.97 Å². The van der Waals surface area contributed by atoms with Crippen LogP contribution in [0.2, 0.25) is 0 Å². The summed E-state index contributed by atoms with van der Waals surface area (Å²) in [6, 6.07) is 11.1. The highest BCUT2D eigenvalue weighted by atomic mass is 16.5. The van der Waals surface area contributed by atoms with Crippen LogP contribution in [0.4, 0.5) is 0 Å². The van der Waals surface area contributed by atoms with Crippen LogP contribution < -0.4 is 10.1 Å². The molecule has 0 fully saturated rings. The lowest BCUT2D eigenvalue weighted by molar-refractivity contribution is -0.124. The molecule has 0 radical (unpaired) electrons. The Morgan fingerprint density at radius 3 is 2.52 bits per heavy atom. The van der Waals surface area contributed by atoms with E-state index in [1.54, 1.807) is 6.07 Å². The first kappa shape index (κ1) is 18.6. The number of esters is 1. The van der Waals surface area contributed by atoms with E-state index in [2.05, 4.69) is 5.32 Å². The van der Waals surface area contributed by atoms with Gasteiger partial charge in [-0.25, -0.2) is 4.79 Å². The van der Waals surface area contributed by atoms with Crippen molar-refractivity contribution in [2.45, 2.75) is 27.3 Å². The number of para-hydroxylation sites is 1. The second-order valence-electron chi connectivity index (χ2n) is 5.62. The number of carbonyl (C=O) groups is 2. The van der Waals surface area contributed by atoms with Gasteiger partial charge in [-0.05, 0) is 39.0 Å². The van der Waals surface area contributed by atoms with Crippen LogP contribution in [0.15, 0.2) is 36.4 Å². The van der Waals surface area contributed by atoms with E-state index in [1.165, 1.54) is 0 Å². The van der Waals surface area contributed by atoms with Gasteiger partial charge in [0, 0.05) is 17.9 Å². The molecule has 6 nitrogen and oxygen atoms in total. The third kappa shape index (κ3) is 5.11. The van der Waals surface area contributed by atoms with Crippen molar-refractivity contribution in [1.29, 1.82) is 0 Å².